The van der Waals surface area contributed by atoms with E-state index >= 15 is 0 Å². The predicted molar refractivity (Wildman–Crippen MR) is 126 cm³/mol. The summed E-state index contributed by atoms with van der Waals surface area (Å²) in [6.07, 6.45) is -5.02. The van der Waals surface area contributed by atoms with Gasteiger partial charge in [0, 0.05) is 17.8 Å². The van der Waals surface area contributed by atoms with Crippen molar-refractivity contribution < 1.29 is 61.2 Å². The molecule has 37 heavy (non-hydrogen) atoms. The predicted octanol–water partition coefficient (Wildman–Crippen LogP) is 0.110. The van der Waals surface area contributed by atoms with Gasteiger partial charge in [-0.2, -0.15) is 0 Å². The third-order valence-corrected chi connectivity index (χ3v) is 9.08. The minimum absolute atomic E-state index is 0.0293. The molecule has 0 saturated carbocycles. The Morgan fingerprint density at radius 3 is 2.59 bits per heavy atom. The lowest BCUT2D eigenvalue weighted by molar-refractivity contribution is -0.133. The fraction of sp³-hybridized carbons (Fsp3) is 0.500. The largest absolute Gasteiger partial charge is 0.708 e. The summed E-state index contributed by atoms with van der Waals surface area (Å²) < 4.78 is 53.0. The number of anilines is 1. The number of fused-ring (bicyclic) bond motifs is 1. The highest BCUT2D eigenvalue weighted by molar-refractivity contribution is 9.09. The number of alkyl halides is 1. The topological polar surface area (TPSA) is 273 Å². The zero-order valence-electron chi connectivity index (χ0n) is 18.0. The molecule has 202 valence electrons. The summed E-state index contributed by atoms with van der Waals surface area (Å²) in [7, 11) is -12.2. The van der Waals surface area contributed by atoms with Crippen LogP contribution < -0.4 is 5.73 Å². The second kappa shape index (κ2) is 12.7. The van der Waals surface area contributed by atoms with Crippen LogP contribution in [0.4, 0.5) is 5.82 Å². The summed E-state index contributed by atoms with van der Waals surface area (Å²) in [5.41, 5.74) is 5.97. The van der Waals surface area contributed by atoms with Crippen molar-refractivity contribution in [2.75, 3.05) is 23.4 Å². The van der Waals surface area contributed by atoms with Crippen molar-refractivity contribution in [1.82, 2.24) is 19.5 Å². The van der Waals surface area contributed by atoms with Crippen LogP contribution in [0.25, 0.3) is 11.2 Å². The van der Waals surface area contributed by atoms with E-state index in [1.165, 1.54) is 4.57 Å². The monoisotopic (exact) mass is 667 g/mol. The minimum atomic E-state index is -5.20. The molecule has 1 aliphatic heterocycles. The molecule has 1 aliphatic rings. The van der Waals surface area contributed by atoms with Gasteiger partial charge in [0.25, 0.3) is 0 Å². The number of hydrogen-bond donors (Lipinski definition) is 5. The van der Waals surface area contributed by atoms with E-state index in [1.807, 2.05) is 0 Å². The molecule has 0 amide bonds. The van der Waals surface area contributed by atoms with Gasteiger partial charge in [0.1, 0.15) is 31.2 Å². The lowest BCUT2D eigenvalue weighted by Crippen LogP contribution is -2.33. The molecular weight excluding hydrogens is 651 g/mol. The van der Waals surface area contributed by atoms with Gasteiger partial charge in [-0.1, -0.05) is 27.7 Å². The van der Waals surface area contributed by atoms with Crippen molar-refractivity contribution >= 4 is 80.6 Å². The van der Waals surface area contributed by atoms with Crippen molar-refractivity contribution in [3.63, 3.8) is 0 Å². The van der Waals surface area contributed by atoms with Crippen molar-refractivity contribution in [2.45, 2.75) is 29.7 Å². The smallest absolute Gasteiger partial charge is 0.387 e. The Labute approximate surface area is 220 Å². The van der Waals surface area contributed by atoms with Crippen LogP contribution in [-0.4, -0.2) is 87.1 Å². The number of phosphoric acid groups is 1. The highest BCUT2D eigenvalue weighted by atomic mass is 79.9. The molecule has 0 aromatic carbocycles. The quantitative estimate of drug-likeness (QED) is 0.0820. The van der Waals surface area contributed by atoms with Crippen molar-refractivity contribution in [1.29, 1.82) is 0 Å². The summed E-state index contributed by atoms with van der Waals surface area (Å²) in [5, 5.41) is 20.9. The first-order chi connectivity index (χ1) is 17.3. The summed E-state index contributed by atoms with van der Waals surface area (Å²) in [4.78, 5) is 53.4. The maximum absolute atomic E-state index is 12.0. The first-order valence-corrected chi connectivity index (χ1v) is 15.4. The van der Waals surface area contributed by atoms with E-state index in [1.54, 1.807) is 0 Å². The average Bonchev–Trinajstić information content (AvgIpc) is 3.32. The van der Waals surface area contributed by atoms with Gasteiger partial charge in [-0.05, 0) is 0 Å². The number of hydrogen-bond acceptors (Lipinski definition) is 16. The Hall–Kier alpha value is -1.37. The summed E-state index contributed by atoms with van der Waals surface area (Å²) in [6.45, 7) is -0.750. The van der Waals surface area contributed by atoms with E-state index < -0.39 is 67.0 Å². The molecule has 7 unspecified atom stereocenters. The van der Waals surface area contributed by atoms with Crippen molar-refractivity contribution in [3.8, 4) is 0 Å². The average molecular weight is 668 g/mol. The number of aliphatic hydroxyl groups excluding tert-OH is 2. The molecule has 2 aromatic heterocycles. The number of Topliss-reactive ketones (excluding diaryl/α,β-unsaturated/α-hetero) is 2. The number of carbonyl (C=O) groups excluding carboxylic acids is 2. The van der Waals surface area contributed by atoms with Crippen LogP contribution in [-0.2, 0) is 41.2 Å². The van der Waals surface area contributed by atoms with Gasteiger partial charge in [-0.15, -0.1) is 9.42 Å². The Morgan fingerprint density at radius 2 is 1.95 bits per heavy atom. The minimum Gasteiger partial charge on any atom is -0.387 e. The standard InChI is InChI=1S/C14H15BrN5O13P3S/c15-1-5(21)6(22)3-37-14-19-8-11(16)17-4-18-12(8)20(14)13-10(24)9(23)7(31-13)2-30-35(27)33-36(28,29)32-34(25)26/h4,7,9-10,13,23-24H,1-3H2,(H2-2,16,17,18,25,26,28,29)/p+2. The molecule has 0 aliphatic carbocycles. The maximum Gasteiger partial charge on any atom is 0.708 e. The number of halogens is 1. The number of nitrogen functional groups attached to an aromatic ring is 1. The van der Waals surface area contributed by atoms with Gasteiger partial charge < -0.3 is 20.7 Å². The lowest BCUT2D eigenvalue weighted by atomic mass is 10.1. The first kappa shape index (κ1) is 30.2. The number of aliphatic hydroxyl groups is 2. The fourth-order valence-electron chi connectivity index (χ4n) is 2.95. The molecule has 6 N–H and O–H groups in total. The van der Waals surface area contributed by atoms with Crippen LogP contribution in [0.5, 0.6) is 0 Å². The number of ether oxygens (including phenoxy) is 1. The van der Waals surface area contributed by atoms with Gasteiger partial charge in [-0.3, -0.25) is 19.0 Å². The third kappa shape index (κ3) is 7.39. The molecule has 7 atom stereocenters. The van der Waals surface area contributed by atoms with Gasteiger partial charge in [-0.25, -0.2) is 19.5 Å². The van der Waals surface area contributed by atoms with Crippen LogP contribution in [0.1, 0.15) is 6.23 Å². The highest BCUT2D eigenvalue weighted by Gasteiger charge is 2.49. The molecule has 3 rings (SSSR count). The van der Waals surface area contributed by atoms with Crippen molar-refractivity contribution in [3.05, 3.63) is 6.33 Å². The van der Waals surface area contributed by atoms with Gasteiger partial charge in [0.15, 0.2) is 28.4 Å². The molecule has 23 heteroatoms. The Kier molecular flexibility index (Phi) is 10.3. The van der Waals surface area contributed by atoms with E-state index in [0.717, 1.165) is 18.1 Å². The third-order valence-electron chi connectivity index (χ3n) is 4.52. The number of thioether (sulfide) groups is 1. The van der Waals surface area contributed by atoms with E-state index in [2.05, 4.69) is 39.5 Å². The van der Waals surface area contributed by atoms with Crippen LogP contribution in [0.3, 0.4) is 0 Å². The number of aromatic nitrogens is 4. The molecule has 1 fully saturated rings. The van der Waals surface area contributed by atoms with E-state index in [9.17, 15) is 38.4 Å². The Morgan fingerprint density at radius 1 is 1.24 bits per heavy atom. The number of carbonyl (C=O) groups is 2. The summed E-state index contributed by atoms with van der Waals surface area (Å²) in [6, 6.07) is 0. The molecule has 0 bridgehead atoms. The van der Waals surface area contributed by atoms with Crippen LogP contribution in [0.2, 0.25) is 0 Å². The van der Waals surface area contributed by atoms with Crippen LogP contribution >= 0.6 is 52.0 Å². The fourth-order valence-corrected chi connectivity index (χ4v) is 6.39. The van der Waals surface area contributed by atoms with E-state index in [0.29, 0.717) is 0 Å². The van der Waals surface area contributed by atoms with E-state index in [4.69, 9.17) is 19.9 Å². The number of rotatable bonds is 13. The lowest BCUT2D eigenvalue weighted by Gasteiger charge is -2.18. The molecule has 3 heterocycles. The molecular formula is C14H17BrN5O13P3S+2. The maximum atomic E-state index is 12.0. The van der Waals surface area contributed by atoms with Crippen LogP contribution in [0.15, 0.2) is 11.5 Å². The normalized spacial score (nSPS) is 24.1. The second-order valence-electron chi connectivity index (χ2n) is 6.90. The van der Waals surface area contributed by atoms with Crippen molar-refractivity contribution in [2.24, 2.45) is 0 Å². The van der Waals surface area contributed by atoms with E-state index in [-0.39, 0.29) is 33.2 Å². The molecule has 0 spiro atoms. The van der Waals surface area contributed by atoms with Gasteiger partial charge >= 0.3 is 24.3 Å². The number of imidazole rings is 1. The SMILES string of the molecule is Nc1ncnc2c1nc(SCC(=O)C(=O)CBr)n2C1OC(CO[P+](=O)OP(=O)(O)O[P+](=O)O)C(O)C1O. The number of ketones is 2. The second-order valence-corrected chi connectivity index (χ2v) is 11.8. The summed E-state index contributed by atoms with van der Waals surface area (Å²) >= 11 is 3.70. The van der Waals surface area contributed by atoms with Gasteiger partial charge in [0.2, 0.25) is 11.6 Å². The zero-order valence-corrected chi connectivity index (χ0v) is 23.1. The number of nitrogens with two attached hydrogens (primary N) is 1. The molecule has 0 radical (unpaired) electrons. The molecule has 18 nitrogen and oxygen atoms in total. The summed E-state index contributed by atoms with van der Waals surface area (Å²) in [5.74, 6) is -1.78. The molecule has 1 saturated heterocycles. The van der Waals surface area contributed by atoms with Crippen LogP contribution in [0, 0.1) is 0 Å². The number of nitrogens with zero attached hydrogens (tertiary/aromatic N) is 4. The van der Waals surface area contributed by atoms with Gasteiger partial charge in [0.05, 0.1) is 11.1 Å². The Bertz CT molecular complexity index is 1280. The first-order valence-electron chi connectivity index (χ1n) is 9.58. The highest BCUT2D eigenvalue weighted by Crippen LogP contribution is 2.57. The Balaban J connectivity index is 1.80. The molecule has 2 aromatic rings. The zero-order chi connectivity index (χ0) is 27.5.